The van der Waals surface area contributed by atoms with E-state index in [9.17, 15) is 0 Å². The lowest BCUT2D eigenvalue weighted by atomic mass is 10.1. The van der Waals surface area contributed by atoms with Gasteiger partial charge in [0.05, 0.1) is 17.9 Å². The molecule has 0 aliphatic carbocycles. The predicted octanol–water partition coefficient (Wildman–Crippen LogP) is 1.49. The molecule has 3 N–H and O–H groups in total. The molecule has 0 saturated carbocycles. The van der Waals surface area contributed by atoms with E-state index in [4.69, 9.17) is 15.9 Å². The Morgan fingerprint density at radius 2 is 2.00 bits per heavy atom. The molecule has 0 amide bonds. The van der Waals surface area contributed by atoms with Crippen LogP contribution in [0, 0.1) is 25.2 Å². The van der Waals surface area contributed by atoms with Crippen LogP contribution in [0.2, 0.25) is 0 Å². The number of nitrogens with zero attached hydrogens (tertiary/aromatic N) is 3. The van der Waals surface area contributed by atoms with Crippen LogP contribution in [0.25, 0.3) is 0 Å². The highest BCUT2D eigenvalue weighted by Crippen LogP contribution is 2.22. The number of ether oxygens (including phenoxy) is 1. The summed E-state index contributed by atoms with van der Waals surface area (Å²) in [6, 6.07) is 0. The van der Waals surface area contributed by atoms with E-state index in [0.29, 0.717) is 30.5 Å². The first kappa shape index (κ1) is 16.4. The van der Waals surface area contributed by atoms with Gasteiger partial charge in [-0.3, -0.25) is 5.41 Å². The molecule has 0 fully saturated rings. The number of nitrogen functional groups attached to an aromatic ring is 1. The lowest BCUT2D eigenvalue weighted by Gasteiger charge is -2.27. The summed E-state index contributed by atoms with van der Waals surface area (Å²) in [5.74, 6) is 1.17. The molecular formula is C14H25N5O. The normalized spacial score (nSPS) is 10.9. The highest BCUT2D eigenvalue weighted by molar-refractivity contribution is 6.01. The molecule has 1 aromatic rings. The first-order valence-corrected chi connectivity index (χ1v) is 6.80. The van der Waals surface area contributed by atoms with Gasteiger partial charge in [0.25, 0.3) is 0 Å². The van der Waals surface area contributed by atoms with Crippen molar-refractivity contribution in [2.75, 3.05) is 31.7 Å². The Bertz CT molecular complexity index is 473. The van der Waals surface area contributed by atoms with Gasteiger partial charge in [-0.1, -0.05) is 13.8 Å². The molecule has 112 valence electrons. The Hall–Kier alpha value is -1.69. The Kier molecular flexibility index (Phi) is 5.88. The topological polar surface area (TPSA) is 88.1 Å². The number of nitrogens with two attached hydrogens (primary N) is 1. The molecule has 20 heavy (non-hydrogen) atoms. The van der Waals surface area contributed by atoms with E-state index in [0.717, 1.165) is 17.8 Å². The van der Waals surface area contributed by atoms with Gasteiger partial charge in [0.15, 0.2) is 5.82 Å². The number of rotatable bonds is 7. The van der Waals surface area contributed by atoms with E-state index < -0.39 is 0 Å². The predicted molar refractivity (Wildman–Crippen MR) is 81.4 cm³/mol. The van der Waals surface area contributed by atoms with Gasteiger partial charge in [0, 0.05) is 20.2 Å². The minimum Gasteiger partial charge on any atom is -0.384 e. The van der Waals surface area contributed by atoms with Crippen LogP contribution < -0.4 is 10.6 Å². The monoisotopic (exact) mass is 279 g/mol. The van der Waals surface area contributed by atoms with E-state index in [-0.39, 0.29) is 5.84 Å². The highest BCUT2D eigenvalue weighted by Gasteiger charge is 2.19. The quantitative estimate of drug-likeness (QED) is 0.583. The van der Waals surface area contributed by atoms with Gasteiger partial charge in [-0.05, 0) is 25.3 Å². The fourth-order valence-electron chi connectivity index (χ4n) is 2.07. The van der Waals surface area contributed by atoms with Crippen molar-refractivity contribution in [3.05, 3.63) is 16.8 Å². The molecular weight excluding hydrogens is 254 g/mol. The number of aromatic nitrogens is 2. The van der Waals surface area contributed by atoms with Crippen molar-refractivity contribution in [3.8, 4) is 0 Å². The Balaban J connectivity index is 3.24. The molecule has 0 saturated heterocycles. The number of methoxy groups -OCH3 is 1. The molecule has 6 heteroatoms. The summed E-state index contributed by atoms with van der Waals surface area (Å²) in [5.41, 5.74) is 8.13. The zero-order valence-corrected chi connectivity index (χ0v) is 13.0. The van der Waals surface area contributed by atoms with E-state index in [2.05, 4.69) is 28.9 Å². The van der Waals surface area contributed by atoms with Gasteiger partial charge in [0.2, 0.25) is 0 Å². The SMILES string of the molecule is COCCN(CC(C)C)c1nnc(C)c(C)c1C(=N)N. The molecule has 1 heterocycles. The Morgan fingerprint density at radius 3 is 2.50 bits per heavy atom. The fraction of sp³-hybridized carbons (Fsp3) is 0.643. The summed E-state index contributed by atoms with van der Waals surface area (Å²) < 4.78 is 5.15. The van der Waals surface area contributed by atoms with Crippen molar-refractivity contribution in [1.29, 1.82) is 5.41 Å². The van der Waals surface area contributed by atoms with Crippen molar-refractivity contribution in [3.63, 3.8) is 0 Å². The third-order valence-electron chi connectivity index (χ3n) is 3.16. The van der Waals surface area contributed by atoms with Crippen LogP contribution >= 0.6 is 0 Å². The molecule has 0 aliphatic rings. The van der Waals surface area contributed by atoms with Crippen molar-refractivity contribution in [2.24, 2.45) is 11.7 Å². The molecule has 1 aromatic heterocycles. The van der Waals surface area contributed by atoms with Gasteiger partial charge < -0.3 is 15.4 Å². The number of hydrogen-bond acceptors (Lipinski definition) is 5. The van der Waals surface area contributed by atoms with Gasteiger partial charge in [0.1, 0.15) is 5.84 Å². The first-order chi connectivity index (χ1) is 9.38. The van der Waals surface area contributed by atoms with Gasteiger partial charge in [-0.2, -0.15) is 5.10 Å². The van der Waals surface area contributed by atoms with Crippen molar-refractivity contribution in [1.82, 2.24) is 10.2 Å². The Labute approximate surface area is 120 Å². The van der Waals surface area contributed by atoms with Crippen molar-refractivity contribution < 1.29 is 4.74 Å². The number of anilines is 1. The zero-order valence-electron chi connectivity index (χ0n) is 13.0. The molecule has 6 nitrogen and oxygen atoms in total. The van der Waals surface area contributed by atoms with Crippen LogP contribution in [0.5, 0.6) is 0 Å². The highest BCUT2D eigenvalue weighted by atomic mass is 16.5. The van der Waals surface area contributed by atoms with Crippen LogP contribution in [0.3, 0.4) is 0 Å². The molecule has 0 bridgehead atoms. The van der Waals surface area contributed by atoms with Crippen LogP contribution in [0.1, 0.15) is 30.7 Å². The molecule has 0 spiro atoms. The molecule has 0 aliphatic heterocycles. The molecule has 0 unspecified atom stereocenters. The number of aryl methyl sites for hydroxylation is 1. The largest absolute Gasteiger partial charge is 0.384 e. The van der Waals surface area contributed by atoms with Crippen molar-refractivity contribution >= 4 is 11.7 Å². The van der Waals surface area contributed by atoms with Crippen LogP contribution in [-0.4, -0.2) is 42.8 Å². The number of hydrogen-bond donors (Lipinski definition) is 2. The number of nitrogens with one attached hydrogen (secondary N) is 1. The lowest BCUT2D eigenvalue weighted by molar-refractivity contribution is 0.204. The lowest BCUT2D eigenvalue weighted by Crippen LogP contribution is -2.34. The van der Waals surface area contributed by atoms with E-state index in [1.807, 2.05) is 13.8 Å². The smallest absolute Gasteiger partial charge is 0.162 e. The van der Waals surface area contributed by atoms with Gasteiger partial charge >= 0.3 is 0 Å². The standard InChI is InChI=1S/C14H25N5O/c1-9(2)8-19(6-7-20-5)14-12(13(15)16)10(3)11(4)17-18-14/h9H,6-8H2,1-5H3,(H3,15,16). The van der Waals surface area contributed by atoms with Gasteiger partial charge in [-0.15, -0.1) is 5.10 Å². The maximum absolute atomic E-state index is 7.82. The third-order valence-corrected chi connectivity index (χ3v) is 3.16. The minimum atomic E-state index is 0.0293. The average Bonchev–Trinajstić information content (AvgIpc) is 2.36. The summed E-state index contributed by atoms with van der Waals surface area (Å²) in [4.78, 5) is 2.09. The first-order valence-electron chi connectivity index (χ1n) is 6.80. The molecule has 0 atom stereocenters. The zero-order chi connectivity index (χ0) is 15.3. The summed E-state index contributed by atoms with van der Waals surface area (Å²) in [7, 11) is 1.67. The van der Waals surface area contributed by atoms with Crippen LogP contribution in [0.4, 0.5) is 5.82 Å². The summed E-state index contributed by atoms with van der Waals surface area (Å²) in [6.07, 6.45) is 0. The maximum Gasteiger partial charge on any atom is 0.162 e. The number of amidine groups is 1. The average molecular weight is 279 g/mol. The van der Waals surface area contributed by atoms with E-state index >= 15 is 0 Å². The second kappa shape index (κ2) is 7.19. The summed E-state index contributed by atoms with van der Waals surface area (Å²) in [6.45, 7) is 10.2. The molecule has 0 radical (unpaired) electrons. The van der Waals surface area contributed by atoms with Crippen LogP contribution in [0.15, 0.2) is 0 Å². The van der Waals surface area contributed by atoms with Crippen molar-refractivity contribution in [2.45, 2.75) is 27.7 Å². The second-order valence-corrected chi connectivity index (χ2v) is 5.36. The van der Waals surface area contributed by atoms with Gasteiger partial charge in [-0.25, -0.2) is 0 Å². The molecule has 1 rings (SSSR count). The fourth-order valence-corrected chi connectivity index (χ4v) is 2.07. The van der Waals surface area contributed by atoms with E-state index in [1.165, 1.54) is 0 Å². The molecule has 0 aromatic carbocycles. The second-order valence-electron chi connectivity index (χ2n) is 5.36. The maximum atomic E-state index is 7.82. The third kappa shape index (κ3) is 3.90. The Morgan fingerprint density at radius 1 is 1.35 bits per heavy atom. The van der Waals surface area contributed by atoms with Crippen LogP contribution in [-0.2, 0) is 4.74 Å². The summed E-state index contributed by atoms with van der Waals surface area (Å²) >= 11 is 0. The van der Waals surface area contributed by atoms with E-state index in [1.54, 1.807) is 7.11 Å². The minimum absolute atomic E-state index is 0.0293. The summed E-state index contributed by atoms with van der Waals surface area (Å²) in [5, 5.41) is 16.3.